The van der Waals surface area contributed by atoms with Gasteiger partial charge in [-0.25, -0.2) is 9.67 Å². The van der Waals surface area contributed by atoms with Gasteiger partial charge in [-0.2, -0.15) is 18.3 Å². The van der Waals surface area contributed by atoms with Gasteiger partial charge in [-0.1, -0.05) is 49.1 Å². The number of aromatic nitrogens is 3. The van der Waals surface area contributed by atoms with Crippen molar-refractivity contribution in [3.05, 3.63) is 90.0 Å². The Bertz CT molecular complexity index is 1140. The van der Waals surface area contributed by atoms with Crippen LogP contribution in [-0.4, -0.2) is 26.2 Å². The first-order valence-corrected chi connectivity index (χ1v) is 10.9. The summed E-state index contributed by atoms with van der Waals surface area (Å²) < 4.78 is 40.8. The van der Waals surface area contributed by atoms with Crippen molar-refractivity contribution in [2.45, 2.75) is 44.4 Å². The Labute approximate surface area is 191 Å². The molecule has 1 aliphatic rings. The SMILES string of the molecule is C=C(C)C#C[C@H](c1ccc(-n2cncn2)cc1)N1CCCC[C@H]1c1ccc(C(F)(F)F)cc1. The van der Waals surface area contributed by atoms with Gasteiger partial charge in [-0.15, -0.1) is 0 Å². The number of piperidine rings is 1. The highest BCUT2D eigenvalue weighted by Crippen LogP contribution is 2.39. The molecule has 1 fully saturated rings. The van der Waals surface area contributed by atoms with Crippen LogP contribution in [0.5, 0.6) is 0 Å². The van der Waals surface area contributed by atoms with E-state index in [1.165, 1.54) is 18.5 Å². The van der Waals surface area contributed by atoms with Gasteiger partial charge in [0.1, 0.15) is 12.7 Å². The van der Waals surface area contributed by atoms with Crippen LogP contribution < -0.4 is 0 Å². The number of hydrogen-bond donors (Lipinski definition) is 0. The second kappa shape index (κ2) is 9.63. The molecule has 0 aliphatic carbocycles. The molecule has 1 saturated heterocycles. The second-order valence-corrected chi connectivity index (χ2v) is 8.25. The van der Waals surface area contributed by atoms with Crippen LogP contribution in [0.15, 0.2) is 73.3 Å². The van der Waals surface area contributed by atoms with E-state index in [-0.39, 0.29) is 12.1 Å². The third-order valence-corrected chi connectivity index (χ3v) is 5.81. The zero-order valence-electron chi connectivity index (χ0n) is 18.4. The number of benzene rings is 2. The first-order valence-electron chi connectivity index (χ1n) is 10.9. The maximum Gasteiger partial charge on any atom is 0.416 e. The summed E-state index contributed by atoms with van der Waals surface area (Å²) in [6, 6.07) is 13.3. The molecule has 4 nitrogen and oxygen atoms in total. The first kappa shape index (κ1) is 22.8. The lowest BCUT2D eigenvalue weighted by atomic mass is 9.91. The predicted octanol–water partition coefficient (Wildman–Crippen LogP) is 6.13. The molecule has 3 aromatic rings. The van der Waals surface area contributed by atoms with Crippen LogP contribution in [-0.2, 0) is 6.18 Å². The smallest absolute Gasteiger partial charge is 0.279 e. The fourth-order valence-corrected chi connectivity index (χ4v) is 4.22. The lowest BCUT2D eigenvalue weighted by Gasteiger charge is -2.40. The van der Waals surface area contributed by atoms with E-state index in [0.717, 1.165) is 48.2 Å². The first-order chi connectivity index (χ1) is 15.8. The topological polar surface area (TPSA) is 34.0 Å². The van der Waals surface area contributed by atoms with E-state index in [0.29, 0.717) is 0 Å². The van der Waals surface area contributed by atoms with Gasteiger partial charge in [-0.05, 0) is 60.7 Å². The number of halogens is 3. The van der Waals surface area contributed by atoms with E-state index in [1.807, 2.05) is 31.2 Å². The molecule has 2 heterocycles. The number of allylic oxidation sites excluding steroid dienone is 1. The maximum absolute atomic E-state index is 13.1. The minimum absolute atomic E-state index is 0.0135. The summed E-state index contributed by atoms with van der Waals surface area (Å²) in [7, 11) is 0. The van der Waals surface area contributed by atoms with Crippen LogP contribution in [0.2, 0.25) is 0 Å². The molecule has 0 spiro atoms. The Balaban J connectivity index is 1.68. The van der Waals surface area contributed by atoms with Crippen molar-refractivity contribution in [3.8, 4) is 17.5 Å². The number of rotatable bonds is 4. The molecular formula is C26H25F3N4. The average Bonchev–Trinajstić information content (AvgIpc) is 3.34. The zero-order chi connectivity index (χ0) is 23.4. The largest absolute Gasteiger partial charge is 0.416 e. The number of nitrogens with zero attached hydrogens (tertiary/aromatic N) is 4. The molecule has 2 atom stereocenters. The lowest BCUT2D eigenvalue weighted by molar-refractivity contribution is -0.137. The fraction of sp³-hybridized carbons (Fsp3) is 0.308. The van der Waals surface area contributed by atoms with Gasteiger partial charge < -0.3 is 0 Å². The standard InChI is InChI=1S/C26H25F3N4/c1-19(2)6-15-25(21-9-13-23(14-10-21)33-18-30-17-31-33)32-16-4-3-5-24(32)20-7-11-22(12-8-20)26(27,28)29/h7-14,17-18,24-25H,1,3-5,16H2,2H3/t24-,25+/m0/s1. The normalized spacial score (nSPS) is 17.8. The predicted molar refractivity (Wildman–Crippen MR) is 121 cm³/mol. The fourth-order valence-electron chi connectivity index (χ4n) is 4.22. The van der Waals surface area contributed by atoms with Crippen molar-refractivity contribution in [2.75, 3.05) is 6.54 Å². The van der Waals surface area contributed by atoms with Crippen molar-refractivity contribution in [3.63, 3.8) is 0 Å². The molecule has 0 saturated carbocycles. The van der Waals surface area contributed by atoms with Gasteiger partial charge in [0.15, 0.2) is 0 Å². The van der Waals surface area contributed by atoms with Gasteiger partial charge in [-0.3, -0.25) is 4.90 Å². The summed E-state index contributed by atoms with van der Waals surface area (Å²) >= 11 is 0. The van der Waals surface area contributed by atoms with E-state index in [9.17, 15) is 13.2 Å². The summed E-state index contributed by atoms with van der Waals surface area (Å²) in [6.07, 6.45) is 1.68. The molecule has 0 amide bonds. The zero-order valence-corrected chi connectivity index (χ0v) is 18.4. The average molecular weight is 451 g/mol. The summed E-state index contributed by atoms with van der Waals surface area (Å²) in [5, 5.41) is 4.16. The third-order valence-electron chi connectivity index (χ3n) is 5.81. The summed E-state index contributed by atoms with van der Waals surface area (Å²) in [5.41, 5.74) is 2.93. The summed E-state index contributed by atoms with van der Waals surface area (Å²) in [5.74, 6) is 6.48. The van der Waals surface area contributed by atoms with Crippen LogP contribution in [0.4, 0.5) is 13.2 Å². The molecule has 7 heteroatoms. The summed E-state index contributed by atoms with van der Waals surface area (Å²) in [6.45, 7) is 6.58. The van der Waals surface area contributed by atoms with E-state index in [2.05, 4.69) is 33.4 Å². The highest BCUT2D eigenvalue weighted by Gasteiger charge is 2.33. The van der Waals surface area contributed by atoms with Gasteiger partial charge in [0.25, 0.3) is 0 Å². The van der Waals surface area contributed by atoms with Crippen molar-refractivity contribution >= 4 is 0 Å². The molecule has 170 valence electrons. The Hall–Kier alpha value is -3.37. The Morgan fingerprint density at radius 1 is 1.09 bits per heavy atom. The molecule has 0 radical (unpaired) electrons. The number of alkyl halides is 3. The van der Waals surface area contributed by atoms with Crippen LogP contribution in [0.3, 0.4) is 0 Å². The van der Waals surface area contributed by atoms with Crippen molar-refractivity contribution in [1.82, 2.24) is 19.7 Å². The van der Waals surface area contributed by atoms with E-state index in [1.54, 1.807) is 23.1 Å². The van der Waals surface area contributed by atoms with E-state index in [4.69, 9.17) is 0 Å². The van der Waals surface area contributed by atoms with Crippen molar-refractivity contribution < 1.29 is 13.2 Å². The Morgan fingerprint density at radius 3 is 2.42 bits per heavy atom. The molecule has 33 heavy (non-hydrogen) atoms. The molecule has 1 aromatic heterocycles. The van der Waals surface area contributed by atoms with Crippen molar-refractivity contribution in [2.24, 2.45) is 0 Å². The van der Waals surface area contributed by atoms with Gasteiger partial charge in [0.2, 0.25) is 0 Å². The molecular weight excluding hydrogens is 425 g/mol. The third kappa shape index (κ3) is 5.35. The molecule has 0 bridgehead atoms. The maximum atomic E-state index is 13.1. The molecule has 1 aliphatic heterocycles. The summed E-state index contributed by atoms with van der Waals surface area (Å²) in [4.78, 5) is 6.28. The molecule has 2 aromatic carbocycles. The van der Waals surface area contributed by atoms with Crippen molar-refractivity contribution in [1.29, 1.82) is 0 Å². The van der Waals surface area contributed by atoms with Crippen LogP contribution >= 0.6 is 0 Å². The highest BCUT2D eigenvalue weighted by molar-refractivity contribution is 5.39. The highest BCUT2D eigenvalue weighted by atomic mass is 19.4. The molecule has 4 rings (SSSR count). The minimum Gasteiger partial charge on any atom is -0.279 e. The quantitative estimate of drug-likeness (QED) is 0.448. The lowest BCUT2D eigenvalue weighted by Crippen LogP contribution is -2.36. The van der Waals surface area contributed by atoms with Crippen LogP contribution in [0.25, 0.3) is 5.69 Å². The van der Waals surface area contributed by atoms with Crippen LogP contribution in [0, 0.1) is 11.8 Å². The van der Waals surface area contributed by atoms with Gasteiger partial charge in [0.05, 0.1) is 17.3 Å². The monoisotopic (exact) mass is 450 g/mol. The van der Waals surface area contributed by atoms with Crippen LogP contribution in [0.1, 0.15) is 55.0 Å². The number of likely N-dealkylation sites (tertiary alicyclic amines) is 1. The molecule has 0 unspecified atom stereocenters. The number of hydrogen-bond acceptors (Lipinski definition) is 3. The van der Waals surface area contributed by atoms with Gasteiger partial charge >= 0.3 is 6.18 Å². The van der Waals surface area contributed by atoms with Gasteiger partial charge in [0, 0.05) is 12.6 Å². The Morgan fingerprint density at radius 2 is 1.82 bits per heavy atom. The van der Waals surface area contributed by atoms with E-state index < -0.39 is 11.7 Å². The van der Waals surface area contributed by atoms with E-state index >= 15 is 0 Å². The minimum atomic E-state index is -4.34. The second-order valence-electron chi connectivity index (χ2n) is 8.25. The Kier molecular flexibility index (Phi) is 6.66. The molecule has 0 N–H and O–H groups in total.